The van der Waals surface area contributed by atoms with E-state index in [2.05, 4.69) is 0 Å². The molecule has 7 rings (SSSR count). The van der Waals surface area contributed by atoms with Crippen LogP contribution in [0.2, 0.25) is 0 Å². The summed E-state index contributed by atoms with van der Waals surface area (Å²) in [5.41, 5.74) is 1.73. The fraction of sp³-hybridized carbons (Fsp3) is 0.147. The first-order valence-electron chi connectivity index (χ1n) is 13.1. The van der Waals surface area contributed by atoms with E-state index in [-0.39, 0.29) is 17.3 Å². The minimum Gasteiger partial charge on any atom is -0.497 e. The van der Waals surface area contributed by atoms with Gasteiger partial charge < -0.3 is 9.64 Å². The van der Waals surface area contributed by atoms with Crippen LogP contribution in [-0.2, 0) is 0 Å². The molecule has 0 N–H and O–H groups in total. The van der Waals surface area contributed by atoms with E-state index in [4.69, 9.17) is 4.74 Å². The third kappa shape index (κ3) is 3.16. The number of hydrogen-bond acceptors (Lipinski definition) is 5. The summed E-state index contributed by atoms with van der Waals surface area (Å²) in [7, 11) is 1.55. The normalized spacial score (nSPS) is 21.8. The molecule has 4 aromatic carbocycles. The SMILES string of the molecule is COc1ccc(C(=O)[C@@H]2[C@@H](c3ccc(F)cc3)C3(C(=O)c4ccccc4C3=O)[C@H]3C=Cc4ccccc4N23)cc1. The first-order chi connectivity index (χ1) is 19.5. The molecule has 3 atom stereocenters. The molecule has 0 bridgehead atoms. The number of rotatable bonds is 4. The maximum atomic E-state index is 14.6. The van der Waals surface area contributed by atoms with Gasteiger partial charge in [-0.15, -0.1) is 0 Å². The number of ether oxygens (including phenoxy) is 1. The lowest BCUT2D eigenvalue weighted by molar-refractivity contribution is 0.0666. The van der Waals surface area contributed by atoms with E-state index in [9.17, 15) is 18.8 Å². The highest BCUT2D eigenvalue weighted by atomic mass is 19.1. The first kappa shape index (κ1) is 24.2. The molecule has 5 nitrogen and oxygen atoms in total. The molecule has 1 spiro atoms. The van der Waals surface area contributed by atoms with Crippen molar-refractivity contribution in [3.63, 3.8) is 0 Å². The highest BCUT2D eigenvalue weighted by Gasteiger charge is 2.71. The molecule has 1 fully saturated rings. The van der Waals surface area contributed by atoms with Crippen molar-refractivity contribution >= 4 is 29.1 Å². The summed E-state index contributed by atoms with van der Waals surface area (Å²) in [5.74, 6) is -1.58. The Kier molecular flexibility index (Phi) is 5.36. The highest BCUT2D eigenvalue weighted by molar-refractivity contribution is 6.32. The molecule has 2 heterocycles. The van der Waals surface area contributed by atoms with Gasteiger partial charge in [-0.1, -0.05) is 66.7 Å². The fourth-order valence-electron chi connectivity index (χ4n) is 6.89. The van der Waals surface area contributed by atoms with Gasteiger partial charge in [0.05, 0.1) is 13.2 Å². The molecule has 0 aromatic heterocycles. The van der Waals surface area contributed by atoms with Crippen molar-refractivity contribution in [2.75, 3.05) is 12.0 Å². The molecule has 1 saturated heterocycles. The third-order valence-electron chi connectivity index (χ3n) is 8.59. The van der Waals surface area contributed by atoms with Crippen LogP contribution in [-0.4, -0.2) is 36.5 Å². The Morgan fingerprint density at radius 1 is 0.825 bits per heavy atom. The van der Waals surface area contributed by atoms with Gasteiger partial charge in [0, 0.05) is 28.3 Å². The standard InChI is InChI=1S/C34H24FNO4/c1-40-24-17-12-22(13-18-24)31(37)30-29(21-10-15-23(35)16-11-21)34(32(38)25-7-3-4-8-26(25)33(34)39)28-19-14-20-6-2-5-9-27(20)36(28)30/h2-19,28-30H,1H3/t28-,29-,30+/m1/s1. The molecule has 0 amide bonds. The van der Waals surface area contributed by atoms with Crippen LogP contribution in [0.3, 0.4) is 0 Å². The van der Waals surface area contributed by atoms with E-state index in [0.717, 1.165) is 11.3 Å². The number of benzene rings is 4. The Labute approximate surface area is 230 Å². The number of carbonyl (C=O) groups is 3. The number of anilines is 1. The smallest absolute Gasteiger partial charge is 0.185 e. The number of ketones is 3. The summed E-state index contributed by atoms with van der Waals surface area (Å²) in [4.78, 5) is 45.6. The second-order valence-electron chi connectivity index (χ2n) is 10.4. The van der Waals surface area contributed by atoms with Gasteiger partial charge in [-0.2, -0.15) is 0 Å². The minimum absolute atomic E-state index is 0.236. The third-order valence-corrected chi connectivity index (χ3v) is 8.59. The summed E-state index contributed by atoms with van der Waals surface area (Å²) < 4.78 is 19.5. The van der Waals surface area contributed by atoms with Crippen molar-refractivity contribution in [2.45, 2.75) is 18.0 Å². The molecule has 3 aliphatic rings. The summed E-state index contributed by atoms with van der Waals surface area (Å²) in [5, 5.41) is 0. The van der Waals surface area contributed by atoms with Crippen LogP contribution >= 0.6 is 0 Å². The number of hydrogen-bond donors (Lipinski definition) is 0. The van der Waals surface area contributed by atoms with Crippen molar-refractivity contribution in [3.8, 4) is 5.75 Å². The molecule has 196 valence electrons. The summed E-state index contributed by atoms with van der Waals surface area (Å²) in [6, 6.07) is 25.5. The molecule has 6 heteroatoms. The molecule has 0 radical (unpaired) electrons. The number of para-hydroxylation sites is 1. The van der Waals surface area contributed by atoms with Gasteiger partial charge in [0.2, 0.25) is 0 Å². The number of nitrogens with zero attached hydrogens (tertiary/aromatic N) is 1. The minimum atomic E-state index is -1.61. The zero-order valence-corrected chi connectivity index (χ0v) is 21.6. The molecule has 2 aliphatic heterocycles. The largest absolute Gasteiger partial charge is 0.497 e. The quantitative estimate of drug-likeness (QED) is 0.234. The predicted molar refractivity (Wildman–Crippen MR) is 150 cm³/mol. The number of fused-ring (bicyclic) bond motifs is 5. The van der Waals surface area contributed by atoms with Crippen LogP contribution < -0.4 is 9.64 Å². The van der Waals surface area contributed by atoms with Crippen LogP contribution in [0.5, 0.6) is 5.75 Å². The molecule has 4 aromatic rings. The average Bonchev–Trinajstić information content (AvgIpc) is 3.43. The van der Waals surface area contributed by atoms with E-state index in [0.29, 0.717) is 28.0 Å². The maximum absolute atomic E-state index is 14.6. The topological polar surface area (TPSA) is 63.7 Å². The number of halogens is 1. The number of Topliss-reactive ketones (excluding diaryl/α,β-unsaturated/α-hetero) is 3. The number of methoxy groups -OCH3 is 1. The molecule has 1 aliphatic carbocycles. The second-order valence-corrected chi connectivity index (χ2v) is 10.4. The molecular weight excluding hydrogens is 505 g/mol. The average molecular weight is 530 g/mol. The summed E-state index contributed by atoms with van der Waals surface area (Å²) in [6.07, 6.45) is 3.80. The Balaban J connectivity index is 1.52. The predicted octanol–water partition coefficient (Wildman–Crippen LogP) is 6.15. The Morgan fingerprint density at radius 2 is 1.45 bits per heavy atom. The zero-order valence-electron chi connectivity index (χ0n) is 21.6. The molecule has 40 heavy (non-hydrogen) atoms. The lowest BCUT2D eigenvalue weighted by Crippen LogP contribution is -2.48. The molecule has 0 unspecified atom stereocenters. The van der Waals surface area contributed by atoms with Crippen molar-refractivity contribution in [1.29, 1.82) is 0 Å². The van der Waals surface area contributed by atoms with Gasteiger partial charge in [-0.05, 0) is 53.6 Å². The lowest BCUT2D eigenvalue weighted by atomic mass is 9.64. The van der Waals surface area contributed by atoms with Crippen LogP contribution in [0.1, 0.15) is 48.1 Å². The number of carbonyl (C=O) groups excluding carboxylic acids is 3. The van der Waals surface area contributed by atoms with E-state index in [1.165, 1.54) is 12.1 Å². The van der Waals surface area contributed by atoms with Crippen LogP contribution in [0.4, 0.5) is 10.1 Å². The molecular formula is C34H24FNO4. The van der Waals surface area contributed by atoms with Gasteiger partial charge in [0.25, 0.3) is 0 Å². The summed E-state index contributed by atoms with van der Waals surface area (Å²) >= 11 is 0. The van der Waals surface area contributed by atoms with Gasteiger partial charge in [-0.25, -0.2) is 4.39 Å². The second kappa shape index (κ2) is 8.85. The van der Waals surface area contributed by atoms with Crippen LogP contribution in [0.25, 0.3) is 6.08 Å². The van der Waals surface area contributed by atoms with Gasteiger partial charge >= 0.3 is 0 Å². The monoisotopic (exact) mass is 529 g/mol. The van der Waals surface area contributed by atoms with Gasteiger partial charge in [0.1, 0.15) is 23.0 Å². The van der Waals surface area contributed by atoms with Crippen molar-refractivity contribution in [1.82, 2.24) is 0 Å². The molecule has 0 saturated carbocycles. The van der Waals surface area contributed by atoms with E-state index in [1.54, 1.807) is 67.8 Å². The van der Waals surface area contributed by atoms with Crippen molar-refractivity contribution < 1.29 is 23.5 Å². The Hall–Kier alpha value is -4.84. The van der Waals surface area contributed by atoms with Gasteiger partial charge in [-0.3, -0.25) is 14.4 Å². The van der Waals surface area contributed by atoms with Crippen LogP contribution in [0, 0.1) is 11.2 Å². The lowest BCUT2D eigenvalue weighted by Gasteiger charge is -2.37. The Morgan fingerprint density at radius 3 is 2.10 bits per heavy atom. The maximum Gasteiger partial charge on any atom is 0.185 e. The Bertz CT molecular complexity index is 1690. The zero-order chi connectivity index (χ0) is 27.6. The van der Waals surface area contributed by atoms with Gasteiger partial charge in [0.15, 0.2) is 17.3 Å². The fourth-order valence-corrected chi connectivity index (χ4v) is 6.89. The van der Waals surface area contributed by atoms with E-state index >= 15 is 0 Å². The first-order valence-corrected chi connectivity index (χ1v) is 13.1. The van der Waals surface area contributed by atoms with Crippen molar-refractivity contribution in [2.24, 2.45) is 5.41 Å². The summed E-state index contributed by atoms with van der Waals surface area (Å²) in [6.45, 7) is 0. The van der Waals surface area contributed by atoms with Crippen molar-refractivity contribution in [3.05, 3.63) is 137 Å². The van der Waals surface area contributed by atoms with E-state index in [1.807, 2.05) is 41.3 Å². The highest BCUT2D eigenvalue weighted by Crippen LogP contribution is 2.60. The van der Waals surface area contributed by atoms with E-state index < -0.39 is 29.2 Å². The van der Waals surface area contributed by atoms with Crippen LogP contribution in [0.15, 0.2) is 103 Å².